The number of benzene rings is 1. The molecule has 3 heteroatoms. The van der Waals surface area contributed by atoms with Crippen LogP contribution in [0.4, 0.5) is 0 Å². The molecule has 0 bridgehead atoms. The summed E-state index contributed by atoms with van der Waals surface area (Å²) in [6.07, 6.45) is 3.67. The van der Waals surface area contributed by atoms with Crippen molar-refractivity contribution in [3.8, 4) is 11.5 Å². The van der Waals surface area contributed by atoms with E-state index in [2.05, 4.69) is 25.9 Å². The molecule has 1 aromatic heterocycles. The van der Waals surface area contributed by atoms with E-state index in [9.17, 15) is 0 Å². The van der Waals surface area contributed by atoms with Crippen LogP contribution in [-0.2, 0) is 5.54 Å². The average Bonchev–Trinajstić information content (AvgIpc) is 2.69. The molecule has 0 fully saturated rings. The van der Waals surface area contributed by atoms with Crippen LogP contribution in [0, 0.1) is 6.92 Å². The Labute approximate surface area is 102 Å². The number of aryl methyl sites for hydroxylation is 1. The number of ether oxygens (including phenoxy) is 1. The highest BCUT2D eigenvalue weighted by molar-refractivity contribution is 5.35. The van der Waals surface area contributed by atoms with E-state index in [1.165, 1.54) is 0 Å². The lowest BCUT2D eigenvalue weighted by molar-refractivity contribution is 0.353. The van der Waals surface area contributed by atoms with E-state index in [1.807, 2.05) is 42.1 Å². The molecule has 0 radical (unpaired) electrons. The van der Waals surface area contributed by atoms with Gasteiger partial charge in [-0.1, -0.05) is 18.2 Å². The van der Waals surface area contributed by atoms with Gasteiger partial charge >= 0.3 is 0 Å². The van der Waals surface area contributed by atoms with Gasteiger partial charge in [0, 0.05) is 0 Å². The summed E-state index contributed by atoms with van der Waals surface area (Å²) >= 11 is 0. The molecule has 0 aliphatic carbocycles. The molecule has 1 aromatic carbocycles. The molecule has 0 unspecified atom stereocenters. The van der Waals surface area contributed by atoms with Crippen molar-refractivity contribution in [2.24, 2.45) is 0 Å². The summed E-state index contributed by atoms with van der Waals surface area (Å²) < 4.78 is 7.70. The number of nitrogens with zero attached hydrogens (tertiary/aromatic N) is 2. The largest absolute Gasteiger partial charge is 0.454 e. The zero-order valence-electron chi connectivity index (χ0n) is 10.8. The Morgan fingerprint density at radius 3 is 2.47 bits per heavy atom. The van der Waals surface area contributed by atoms with Gasteiger partial charge in [0.2, 0.25) is 0 Å². The number of rotatable bonds is 2. The lowest BCUT2D eigenvalue weighted by atomic mass is 10.1. The molecule has 0 saturated carbocycles. The summed E-state index contributed by atoms with van der Waals surface area (Å²) in [4.78, 5) is 0. The summed E-state index contributed by atoms with van der Waals surface area (Å²) in [5, 5.41) is 4.30. The maximum atomic E-state index is 5.80. The van der Waals surface area contributed by atoms with Crippen molar-refractivity contribution in [2.45, 2.75) is 33.2 Å². The minimum atomic E-state index is -0.0205. The molecule has 1 heterocycles. The summed E-state index contributed by atoms with van der Waals surface area (Å²) in [7, 11) is 0. The first-order valence-electron chi connectivity index (χ1n) is 5.75. The van der Waals surface area contributed by atoms with Crippen molar-refractivity contribution in [2.75, 3.05) is 0 Å². The summed E-state index contributed by atoms with van der Waals surface area (Å²) in [5.41, 5.74) is 1.10. The Morgan fingerprint density at radius 2 is 1.88 bits per heavy atom. The van der Waals surface area contributed by atoms with Gasteiger partial charge in [0.25, 0.3) is 0 Å². The Balaban J connectivity index is 2.21. The molecule has 17 heavy (non-hydrogen) atoms. The second-order valence-corrected chi connectivity index (χ2v) is 5.16. The van der Waals surface area contributed by atoms with Gasteiger partial charge in [-0.05, 0) is 39.3 Å². The van der Waals surface area contributed by atoms with Crippen molar-refractivity contribution in [3.05, 3.63) is 42.2 Å². The van der Waals surface area contributed by atoms with Gasteiger partial charge in [-0.25, -0.2) is 0 Å². The quantitative estimate of drug-likeness (QED) is 0.785. The first kappa shape index (κ1) is 11.7. The number of para-hydroxylation sites is 1. The van der Waals surface area contributed by atoms with Crippen LogP contribution >= 0.6 is 0 Å². The Hall–Kier alpha value is -1.77. The van der Waals surface area contributed by atoms with Crippen molar-refractivity contribution in [1.29, 1.82) is 0 Å². The first-order valence-corrected chi connectivity index (χ1v) is 5.75. The molecule has 0 aliphatic heterocycles. The maximum Gasteiger partial charge on any atom is 0.165 e. The van der Waals surface area contributed by atoms with Gasteiger partial charge in [0.15, 0.2) is 5.75 Å². The normalized spacial score (nSPS) is 11.5. The monoisotopic (exact) mass is 230 g/mol. The topological polar surface area (TPSA) is 27.1 Å². The third-order valence-corrected chi connectivity index (χ3v) is 2.57. The van der Waals surface area contributed by atoms with E-state index < -0.39 is 0 Å². The molecule has 0 spiro atoms. The first-order chi connectivity index (χ1) is 7.97. The van der Waals surface area contributed by atoms with E-state index in [0.29, 0.717) is 0 Å². The number of hydrogen-bond donors (Lipinski definition) is 0. The molecule has 0 atom stereocenters. The molecule has 2 aromatic rings. The van der Waals surface area contributed by atoms with E-state index >= 15 is 0 Å². The van der Waals surface area contributed by atoms with Crippen LogP contribution in [0.15, 0.2) is 36.7 Å². The third-order valence-electron chi connectivity index (χ3n) is 2.57. The van der Waals surface area contributed by atoms with Crippen molar-refractivity contribution in [3.63, 3.8) is 0 Å². The minimum absolute atomic E-state index is 0.0205. The molecular weight excluding hydrogens is 212 g/mol. The highest BCUT2D eigenvalue weighted by Crippen LogP contribution is 2.25. The molecule has 0 aliphatic rings. The SMILES string of the molecule is Cc1ccccc1Oc1cnn(C(C)(C)C)c1. The van der Waals surface area contributed by atoms with Crippen LogP contribution in [0.5, 0.6) is 11.5 Å². The lowest BCUT2D eigenvalue weighted by Crippen LogP contribution is -2.21. The van der Waals surface area contributed by atoms with E-state index in [0.717, 1.165) is 17.1 Å². The predicted octanol–water partition coefficient (Wildman–Crippen LogP) is 3.74. The maximum absolute atomic E-state index is 5.80. The van der Waals surface area contributed by atoms with Crippen LogP contribution in [-0.4, -0.2) is 9.78 Å². The van der Waals surface area contributed by atoms with Crippen molar-refractivity contribution >= 4 is 0 Å². The third kappa shape index (κ3) is 2.67. The fraction of sp³-hybridized carbons (Fsp3) is 0.357. The van der Waals surface area contributed by atoms with Gasteiger partial charge in [0.05, 0.1) is 17.9 Å². The highest BCUT2D eigenvalue weighted by Gasteiger charge is 2.14. The number of hydrogen-bond acceptors (Lipinski definition) is 2. The Bertz CT molecular complexity index is 509. The standard InChI is InChI=1S/C14H18N2O/c1-11-7-5-6-8-13(11)17-12-9-15-16(10-12)14(2,3)4/h5-10H,1-4H3. The highest BCUT2D eigenvalue weighted by atomic mass is 16.5. The summed E-state index contributed by atoms with van der Waals surface area (Å²) in [6, 6.07) is 7.96. The van der Waals surface area contributed by atoms with Gasteiger partial charge < -0.3 is 4.74 Å². The minimum Gasteiger partial charge on any atom is -0.454 e. The van der Waals surface area contributed by atoms with Crippen LogP contribution in [0.3, 0.4) is 0 Å². The predicted molar refractivity (Wildman–Crippen MR) is 68.5 cm³/mol. The smallest absolute Gasteiger partial charge is 0.165 e. The molecule has 2 rings (SSSR count). The lowest BCUT2D eigenvalue weighted by Gasteiger charge is -2.18. The van der Waals surface area contributed by atoms with Gasteiger partial charge in [-0.15, -0.1) is 0 Å². The Kier molecular flexibility index (Phi) is 2.92. The molecule has 90 valence electrons. The van der Waals surface area contributed by atoms with Gasteiger partial charge in [0.1, 0.15) is 5.75 Å². The molecule has 0 amide bonds. The summed E-state index contributed by atoms with van der Waals surface area (Å²) in [6.45, 7) is 8.36. The molecule has 0 saturated heterocycles. The molecule has 3 nitrogen and oxygen atoms in total. The van der Waals surface area contributed by atoms with E-state index in [4.69, 9.17) is 4.74 Å². The van der Waals surface area contributed by atoms with Gasteiger partial charge in [-0.3, -0.25) is 4.68 Å². The second-order valence-electron chi connectivity index (χ2n) is 5.16. The van der Waals surface area contributed by atoms with Crippen LogP contribution < -0.4 is 4.74 Å². The summed E-state index contributed by atoms with van der Waals surface area (Å²) in [5.74, 6) is 1.65. The zero-order valence-corrected chi connectivity index (χ0v) is 10.8. The molecular formula is C14H18N2O. The van der Waals surface area contributed by atoms with E-state index in [1.54, 1.807) is 6.20 Å². The second kappa shape index (κ2) is 4.24. The van der Waals surface area contributed by atoms with Crippen LogP contribution in [0.25, 0.3) is 0 Å². The fourth-order valence-corrected chi connectivity index (χ4v) is 1.52. The number of aromatic nitrogens is 2. The van der Waals surface area contributed by atoms with E-state index in [-0.39, 0.29) is 5.54 Å². The van der Waals surface area contributed by atoms with Crippen molar-refractivity contribution in [1.82, 2.24) is 9.78 Å². The Morgan fingerprint density at radius 1 is 1.18 bits per heavy atom. The van der Waals surface area contributed by atoms with Crippen molar-refractivity contribution < 1.29 is 4.74 Å². The van der Waals surface area contributed by atoms with Crippen LogP contribution in [0.2, 0.25) is 0 Å². The zero-order chi connectivity index (χ0) is 12.5. The fourth-order valence-electron chi connectivity index (χ4n) is 1.52. The van der Waals surface area contributed by atoms with Gasteiger partial charge in [-0.2, -0.15) is 5.10 Å². The average molecular weight is 230 g/mol. The van der Waals surface area contributed by atoms with Crippen LogP contribution in [0.1, 0.15) is 26.3 Å². The molecule has 0 N–H and O–H groups in total.